The average molecular weight is 592 g/mol. The maximum atomic E-state index is 12.6. The van der Waals surface area contributed by atoms with Gasteiger partial charge in [0.1, 0.15) is 37.1 Å². The molecule has 234 valence electrons. The second kappa shape index (κ2) is 17.4. The number of carbonyl (C=O) groups is 3. The van der Waals surface area contributed by atoms with Gasteiger partial charge in [-0.15, -0.1) is 0 Å². The van der Waals surface area contributed by atoms with Gasteiger partial charge in [-0.1, -0.05) is 31.8 Å². The molecule has 0 spiro atoms. The van der Waals surface area contributed by atoms with Crippen molar-refractivity contribution in [3.8, 4) is 0 Å². The van der Waals surface area contributed by atoms with Crippen LogP contribution in [0.2, 0.25) is 0 Å². The summed E-state index contributed by atoms with van der Waals surface area (Å²) in [6.07, 6.45) is -9.98. The number of ether oxygens (including phenoxy) is 8. The summed E-state index contributed by atoms with van der Waals surface area (Å²) < 4.78 is 44.8. The number of methoxy groups -OCH3 is 1. The summed E-state index contributed by atoms with van der Waals surface area (Å²) in [7, 11) is 1.10. The maximum Gasteiger partial charge on any atom is 0.337 e. The van der Waals surface area contributed by atoms with Gasteiger partial charge in [0.15, 0.2) is 24.8 Å². The van der Waals surface area contributed by atoms with E-state index >= 15 is 0 Å². The summed E-state index contributed by atoms with van der Waals surface area (Å²) in [6.45, 7) is 6.10. The van der Waals surface area contributed by atoms with E-state index in [4.69, 9.17) is 43.4 Å². The third-order valence-electron chi connectivity index (χ3n) is 6.43. The number of esters is 3. The Balaban J connectivity index is 2.54. The number of aliphatic hydroxyl groups excluding tert-OH is 2. The van der Waals surface area contributed by atoms with Gasteiger partial charge in [-0.25, -0.2) is 4.79 Å². The van der Waals surface area contributed by atoms with Crippen LogP contribution in [-0.4, -0.2) is 116 Å². The fraction of sp³-hybridized carbons (Fsp3) is 0.880. The lowest BCUT2D eigenvalue weighted by Gasteiger charge is -2.47. The molecule has 0 aliphatic carbocycles. The molecule has 2 fully saturated rings. The minimum absolute atomic E-state index is 0.159. The molecule has 41 heavy (non-hydrogen) atoms. The largest absolute Gasteiger partial charge is 0.467 e. The van der Waals surface area contributed by atoms with Gasteiger partial charge in [0.2, 0.25) is 0 Å². The monoisotopic (exact) mass is 591 g/mol. The summed E-state index contributed by atoms with van der Waals surface area (Å²) >= 11 is 0. The van der Waals surface area contributed by atoms with E-state index in [9.17, 15) is 24.6 Å². The highest BCUT2D eigenvalue weighted by Gasteiger charge is 2.55. The zero-order valence-corrected chi connectivity index (χ0v) is 24.0. The lowest BCUT2D eigenvalue weighted by atomic mass is 9.95. The van der Waals surface area contributed by atoms with E-state index in [1.54, 1.807) is 0 Å². The molecule has 4 unspecified atom stereocenters. The van der Waals surface area contributed by atoms with Gasteiger partial charge in [-0.05, 0) is 18.4 Å². The zero-order chi connectivity index (χ0) is 30.5. The molecule has 2 N–H and O–H groups in total. The zero-order valence-electron chi connectivity index (χ0n) is 24.0. The van der Waals surface area contributed by atoms with E-state index in [0.717, 1.165) is 26.9 Å². The molecule has 0 saturated carbocycles. The van der Waals surface area contributed by atoms with Crippen LogP contribution in [0.15, 0.2) is 5.11 Å². The van der Waals surface area contributed by atoms with Crippen LogP contribution in [0.3, 0.4) is 0 Å². The van der Waals surface area contributed by atoms with Gasteiger partial charge in [-0.2, -0.15) is 0 Å². The van der Waals surface area contributed by atoms with E-state index in [-0.39, 0.29) is 13.2 Å². The van der Waals surface area contributed by atoms with Crippen molar-refractivity contribution in [2.24, 2.45) is 5.11 Å². The molecule has 2 rings (SSSR count). The number of hydrogen-bond acceptors (Lipinski definition) is 14. The predicted octanol–water partition coefficient (Wildman–Crippen LogP) is 0.892. The molecule has 2 saturated heterocycles. The molecular weight excluding hydrogens is 550 g/mol. The number of rotatable bonds is 15. The minimum atomic E-state index is -1.65. The highest BCUT2D eigenvalue weighted by Crippen LogP contribution is 2.34. The Labute approximate surface area is 238 Å². The first-order chi connectivity index (χ1) is 19.6. The van der Waals surface area contributed by atoms with E-state index in [1.807, 2.05) is 13.8 Å². The van der Waals surface area contributed by atoms with Gasteiger partial charge in [-0.3, -0.25) is 9.59 Å². The molecule has 0 radical (unpaired) electrons. The molecule has 0 bridgehead atoms. The van der Waals surface area contributed by atoms with E-state index < -0.39 is 85.9 Å². The highest BCUT2D eigenvalue weighted by atomic mass is 16.7. The highest BCUT2D eigenvalue weighted by molar-refractivity contribution is 5.75. The van der Waals surface area contributed by atoms with Crippen LogP contribution in [0.4, 0.5) is 0 Å². The van der Waals surface area contributed by atoms with E-state index in [0.29, 0.717) is 12.8 Å². The first-order valence-corrected chi connectivity index (χ1v) is 13.6. The molecule has 16 heteroatoms. The van der Waals surface area contributed by atoms with Gasteiger partial charge in [0.25, 0.3) is 0 Å². The van der Waals surface area contributed by atoms with Crippen molar-refractivity contribution < 1.29 is 62.5 Å². The molecule has 0 aromatic heterocycles. The Bertz CT molecular complexity index is 902. The third kappa shape index (κ3) is 9.75. The summed E-state index contributed by atoms with van der Waals surface area (Å²) in [5.41, 5.74) is 9.15. The summed E-state index contributed by atoms with van der Waals surface area (Å²) in [5, 5.41) is 25.2. The van der Waals surface area contributed by atoms with Crippen molar-refractivity contribution in [2.75, 3.05) is 26.9 Å². The van der Waals surface area contributed by atoms with Gasteiger partial charge in [0.05, 0.1) is 13.2 Å². The molecule has 16 nitrogen and oxygen atoms in total. The Hall–Kier alpha value is -2.56. The molecule has 0 aromatic rings. The van der Waals surface area contributed by atoms with Gasteiger partial charge >= 0.3 is 17.9 Å². The first-order valence-electron chi connectivity index (χ1n) is 13.6. The topological polar surface area (TPSA) is 214 Å². The summed E-state index contributed by atoms with van der Waals surface area (Å²) in [4.78, 5) is 39.0. The fourth-order valence-electron chi connectivity index (χ4n) is 4.41. The minimum Gasteiger partial charge on any atom is -0.467 e. The van der Waals surface area contributed by atoms with Crippen molar-refractivity contribution in [3.05, 3.63) is 10.4 Å². The molecule has 0 aromatic carbocycles. The van der Waals surface area contributed by atoms with Crippen molar-refractivity contribution in [1.82, 2.24) is 0 Å². The molecule has 0 amide bonds. The van der Waals surface area contributed by atoms with Crippen LogP contribution >= 0.6 is 0 Å². The van der Waals surface area contributed by atoms with Crippen molar-refractivity contribution >= 4 is 17.9 Å². The number of aliphatic hydroxyl groups is 2. The second-order valence-electron chi connectivity index (χ2n) is 9.55. The standard InChI is InChI=1S/C25H41N3O13/c1-6-8-10-35-19-16(27-28-26)23(32)39-15(12-37-13(3)29)18(19)40-25-22(38-14(4)30)20(36-11-9-7-2)17(31)21(41-25)24(33)34-5/h15-23,25,31-32H,6-12H2,1-5H3/t15?,16?,17-,18+,19+,20?,21?,22-,23-,25+/m0/s1. The van der Waals surface area contributed by atoms with E-state index in [1.165, 1.54) is 6.92 Å². The Morgan fingerprint density at radius 3 is 2.10 bits per heavy atom. The van der Waals surface area contributed by atoms with Gasteiger partial charge in [0, 0.05) is 32.0 Å². The lowest BCUT2D eigenvalue weighted by molar-refractivity contribution is -0.346. The van der Waals surface area contributed by atoms with Crippen molar-refractivity contribution in [1.29, 1.82) is 0 Å². The Morgan fingerprint density at radius 2 is 1.56 bits per heavy atom. The number of azide groups is 1. The summed E-state index contributed by atoms with van der Waals surface area (Å²) in [6, 6.07) is -1.30. The predicted molar refractivity (Wildman–Crippen MR) is 137 cm³/mol. The number of carbonyl (C=O) groups excluding carboxylic acids is 3. The van der Waals surface area contributed by atoms with Crippen LogP contribution in [0.1, 0.15) is 53.4 Å². The van der Waals surface area contributed by atoms with Crippen molar-refractivity contribution in [3.63, 3.8) is 0 Å². The molecule has 2 heterocycles. The Kier molecular flexibility index (Phi) is 14.7. The quantitative estimate of drug-likeness (QED) is 0.0677. The Morgan fingerprint density at radius 1 is 0.927 bits per heavy atom. The normalized spacial score (nSPS) is 33.3. The SMILES string of the molecule is CCCCOC1[C@H](O)C(C(=O)OC)O[C@@H](O[C@@H]2C(COC(C)=O)O[C@H](O)C(N=[N+]=[N-])[C@H]2OCCCC)[C@H]1OC(C)=O. The van der Waals surface area contributed by atoms with Gasteiger partial charge < -0.3 is 48.1 Å². The summed E-state index contributed by atoms with van der Waals surface area (Å²) in [5.74, 6) is -2.34. The third-order valence-corrected chi connectivity index (χ3v) is 6.43. The van der Waals surface area contributed by atoms with E-state index in [2.05, 4.69) is 10.0 Å². The number of unbranched alkanes of at least 4 members (excludes halogenated alkanes) is 2. The number of hydrogen-bond donors (Lipinski definition) is 2. The smallest absolute Gasteiger partial charge is 0.337 e. The van der Waals surface area contributed by atoms with Crippen LogP contribution in [0.25, 0.3) is 10.4 Å². The lowest BCUT2D eigenvalue weighted by Crippen LogP contribution is -2.66. The molecule has 2 aliphatic rings. The van der Waals surface area contributed by atoms with Crippen LogP contribution in [-0.2, 0) is 52.3 Å². The second-order valence-corrected chi connectivity index (χ2v) is 9.55. The molecular formula is C25H41N3O13. The fourth-order valence-corrected chi connectivity index (χ4v) is 4.41. The number of nitrogens with zero attached hydrogens (tertiary/aromatic N) is 3. The van der Waals surface area contributed by atoms with Crippen LogP contribution in [0, 0.1) is 0 Å². The maximum absolute atomic E-state index is 12.6. The first kappa shape index (κ1) is 34.6. The van der Waals surface area contributed by atoms with Crippen LogP contribution in [0.5, 0.6) is 0 Å². The average Bonchev–Trinajstić information content (AvgIpc) is 2.92. The molecule has 2 aliphatic heterocycles. The molecule has 10 atom stereocenters. The van der Waals surface area contributed by atoms with Crippen LogP contribution < -0.4 is 0 Å². The van der Waals surface area contributed by atoms with Crippen molar-refractivity contribution in [2.45, 2.75) is 115 Å².